The third-order valence-electron chi connectivity index (χ3n) is 5.53. The Morgan fingerprint density at radius 2 is 1.56 bits per heavy atom. The van der Waals surface area contributed by atoms with Gasteiger partial charge in [-0.3, -0.25) is 0 Å². The van der Waals surface area contributed by atoms with Crippen LogP contribution in [0.1, 0.15) is 64.2 Å². The van der Waals surface area contributed by atoms with Crippen molar-refractivity contribution in [1.29, 1.82) is 0 Å². The van der Waals surface area contributed by atoms with Crippen molar-refractivity contribution >= 4 is 0 Å². The first kappa shape index (κ1) is 12.9. The van der Waals surface area contributed by atoms with Gasteiger partial charge in [0.25, 0.3) is 0 Å². The van der Waals surface area contributed by atoms with Crippen molar-refractivity contribution in [3.63, 3.8) is 0 Å². The maximum atomic E-state index is 5.64. The minimum Gasteiger partial charge on any atom is -0.381 e. The molecule has 1 N–H and O–H groups in total. The molecular weight excluding hydrogens is 222 g/mol. The van der Waals surface area contributed by atoms with Crippen molar-refractivity contribution in [2.45, 2.75) is 70.3 Å². The fraction of sp³-hybridized carbons (Fsp3) is 1.00. The van der Waals surface area contributed by atoms with Gasteiger partial charge in [0, 0.05) is 25.8 Å². The Morgan fingerprint density at radius 1 is 0.889 bits per heavy atom. The zero-order valence-electron chi connectivity index (χ0n) is 11.8. The first-order chi connectivity index (χ1) is 8.89. The van der Waals surface area contributed by atoms with Crippen molar-refractivity contribution in [2.24, 2.45) is 11.3 Å². The molecule has 2 aliphatic carbocycles. The van der Waals surface area contributed by atoms with Crippen LogP contribution >= 0.6 is 0 Å². The molecule has 3 aliphatic rings. The minimum atomic E-state index is 0.575. The summed E-state index contributed by atoms with van der Waals surface area (Å²) in [6, 6.07) is 0.857. The van der Waals surface area contributed by atoms with E-state index in [1.54, 1.807) is 0 Å². The van der Waals surface area contributed by atoms with Gasteiger partial charge in [-0.2, -0.15) is 0 Å². The molecule has 0 amide bonds. The van der Waals surface area contributed by atoms with E-state index in [2.05, 4.69) is 5.32 Å². The molecule has 3 fully saturated rings. The van der Waals surface area contributed by atoms with Crippen LogP contribution in [0.2, 0.25) is 0 Å². The van der Waals surface area contributed by atoms with E-state index in [1.807, 2.05) is 0 Å². The van der Waals surface area contributed by atoms with Gasteiger partial charge in [0.15, 0.2) is 0 Å². The molecule has 0 radical (unpaired) electrons. The van der Waals surface area contributed by atoms with Gasteiger partial charge < -0.3 is 10.1 Å². The Kier molecular flexibility index (Phi) is 4.25. The molecule has 1 aliphatic heterocycles. The predicted octanol–water partition coefficient (Wildman–Crippen LogP) is 3.51. The lowest BCUT2D eigenvalue weighted by molar-refractivity contribution is -0.0226. The number of hydrogen-bond donors (Lipinski definition) is 1. The molecule has 3 rings (SSSR count). The lowest BCUT2D eigenvalue weighted by Gasteiger charge is -2.44. The highest BCUT2D eigenvalue weighted by atomic mass is 16.5. The van der Waals surface area contributed by atoms with Crippen LogP contribution in [0, 0.1) is 11.3 Å². The molecule has 18 heavy (non-hydrogen) atoms. The SMILES string of the molecule is C1CCCC(C2(CNC3CC3)CCOCC2)CC1. The third kappa shape index (κ3) is 3.08. The summed E-state index contributed by atoms with van der Waals surface area (Å²) in [5, 5.41) is 3.83. The van der Waals surface area contributed by atoms with Crippen LogP contribution in [0.5, 0.6) is 0 Å². The van der Waals surface area contributed by atoms with E-state index >= 15 is 0 Å². The van der Waals surface area contributed by atoms with E-state index in [0.717, 1.165) is 25.2 Å². The molecule has 2 saturated carbocycles. The van der Waals surface area contributed by atoms with Crippen LogP contribution in [-0.2, 0) is 4.74 Å². The second kappa shape index (κ2) is 5.92. The average Bonchev–Trinajstić information content (AvgIpc) is 3.24. The van der Waals surface area contributed by atoms with Crippen molar-refractivity contribution in [3.8, 4) is 0 Å². The first-order valence-electron chi connectivity index (χ1n) is 8.20. The summed E-state index contributed by atoms with van der Waals surface area (Å²) in [4.78, 5) is 0. The summed E-state index contributed by atoms with van der Waals surface area (Å²) in [5.74, 6) is 0.968. The number of ether oxygens (including phenoxy) is 1. The summed E-state index contributed by atoms with van der Waals surface area (Å²) < 4.78 is 5.64. The summed E-state index contributed by atoms with van der Waals surface area (Å²) in [5.41, 5.74) is 0.575. The van der Waals surface area contributed by atoms with Crippen LogP contribution in [0.25, 0.3) is 0 Å². The van der Waals surface area contributed by atoms with Crippen molar-refractivity contribution < 1.29 is 4.74 Å². The minimum absolute atomic E-state index is 0.575. The number of hydrogen-bond acceptors (Lipinski definition) is 2. The van der Waals surface area contributed by atoms with Crippen LogP contribution in [0.4, 0.5) is 0 Å². The van der Waals surface area contributed by atoms with Gasteiger partial charge in [-0.25, -0.2) is 0 Å². The van der Waals surface area contributed by atoms with Gasteiger partial charge in [0.05, 0.1) is 0 Å². The summed E-state index contributed by atoms with van der Waals surface area (Å²) >= 11 is 0. The van der Waals surface area contributed by atoms with Crippen LogP contribution < -0.4 is 5.32 Å². The molecule has 104 valence electrons. The standard InChI is InChI=1S/C16H29NO/c1-2-4-6-14(5-3-1)16(9-11-18-12-10-16)13-17-15-7-8-15/h14-15,17H,1-13H2. The lowest BCUT2D eigenvalue weighted by Crippen LogP contribution is -2.45. The van der Waals surface area contributed by atoms with Gasteiger partial charge in [-0.05, 0) is 49.9 Å². The predicted molar refractivity (Wildman–Crippen MR) is 74.7 cm³/mol. The Hall–Kier alpha value is -0.0800. The third-order valence-corrected chi connectivity index (χ3v) is 5.53. The van der Waals surface area contributed by atoms with Crippen molar-refractivity contribution in [1.82, 2.24) is 5.32 Å². The largest absolute Gasteiger partial charge is 0.381 e. The van der Waals surface area contributed by atoms with Gasteiger partial charge in [-0.1, -0.05) is 25.7 Å². The van der Waals surface area contributed by atoms with Crippen molar-refractivity contribution in [2.75, 3.05) is 19.8 Å². The average molecular weight is 251 g/mol. The second-order valence-corrected chi connectivity index (χ2v) is 6.82. The van der Waals surface area contributed by atoms with Gasteiger partial charge in [0.2, 0.25) is 0 Å². The lowest BCUT2D eigenvalue weighted by atomic mass is 9.67. The highest BCUT2D eigenvalue weighted by molar-refractivity contribution is 4.93. The molecule has 2 nitrogen and oxygen atoms in total. The monoisotopic (exact) mass is 251 g/mol. The summed E-state index contributed by atoms with van der Waals surface area (Å²) in [7, 11) is 0. The van der Waals surface area contributed by atoms with Gasteiger partial charge in [-0.15, -0.1) is 0 Å². The Morgan fingerprint density at radius 3 is 2.17 bits per heavy atom. The van der Waals surface area contributed by atoms with Gasteiger partial charge in [0.1, 0.15) is 0 Å². The van der Waals surface area contributed by atoms with E-state index in [0.29, 0.717) is 5.41 Å². The second-order valence-electron chi connectivity index (χ2n) is 6.82. The zero-order chi connectivity index (χ0) is 12.3. The van der Waals surface area contributed by atoms with E-state index in [-0.39, 0.29) is 0 Å². The summed E-state index contributed by atoms with van der Waals surface area (Å²) in [6.07, 6.45) is 14.3. The van der Waals surface area contributed by atoms with Crippen LogP contribution in [0.3, 0.4) is 0 Å². The highest BCUT2D eigenvalue weighted by Crippen LogP contribution is 2.44. The fourth-order valence-electron chi connectivity index (χ4n) is 4.03. The van der Waals surface area contributed by atoms with Crippen LogP contribution in [-0.4, -0.2) is 25.8 Å². The highest BCUT2D eigenvalue weighted by Gasteiger charge is 2.40. The molecule has 0 aromatic carbocycles. The molecule has 0 aromatic heterocycles. The summed E-state index contributed by atoms with van der Waals surface area (Å²) in [6.45, 7) is 3.28. The Bertz CT molecular complexity index is 248. The van der Waals surface area contributed by atoms with E-state index in [9.17, 15) is 0 Å². The molecule has 0 spiro atoms. The van der Waals surface area contributed by atoms with E-state index < -0.39 is 0 Å². The van der Waals surface area contributed by atoms with Crippen LogP contribution in [0.15, 0.2) is 0 Å². The maximum absolute atomic E-state index is 5.64. The quantitative estimate of drug-likeness (QED) is 0.772. The maximum Gasteiger partial charge on any atom is 0.0471 e. The Labute approximate surface area is 112 Å². The van der Waals surface area contributed by atoms with E-state index in [1.165, 1.54) is 70.8 Å². The van der Waals surface area contributed by atoms with E-state index in [4.69, 9.17) is 4.74 Å². The Balaban J connectivity index is 1.65. The molecule has 2 heteroatoms. The molecule has 0 aromatic rings. The molecule has 0 unspecified atom stereocenters. The molecule has 0 bridgehead atoms. The normalized spacial score (nSPS) is 30.0. The molecular formula is C16H29NO. The smallest absolute Gasteiger partial charge is 0.0471 e. The molecule has 0 atom stereocenters. The first-order valence-corrected chi connectivity index (χ1v) is 8.20. The molecule has 1 heterocycles. The fourth-order valence-corrected chi connectivity index (χ4v) is 4.03. The number of rotatable bonds is 4. The van der Waals surface area contributed by atoms with Crippen molar-refractivity contribution in [3.05, 3.63) is 0 Å². The topological polar surface area (TPSA) is 21.3 Å². The number of nitrogens with one attached hydrogen (secondary N) is 1. The van der Waals surface area contributed by atoms with Gasteiger partial charge >= 0.3 is 0 Å². The molecule has 1 saturated heterocycles. The zero-order valence-corrected chi connectivity index (χ0v) is 11.8.